The van der Waals surface area contributed by atoms with Crippen molar-refractivity contribution in [3.8, 4) is 11.5 Å². The number of halogens is 1. The van der Waals surface area contributed by atoms with Gasteiger partial charge in [0.25, 0.3) is 12.4 Å². The van der Waals surface area contributed by atoms with Crippen molar-refractivity contribution in [2.75, 3.05) is 23.9 Å². The molecule has 0 unspecified atom stereocenters. The molecule has 2 aliphatic rings. The first-order valence-electron chi connectivity index (χ1n) is 11.6. The van der Waals surface area contributed by atoms with Crippen LogP contribution in [0, 0.1) is 5.41 Å². The van der Waals surface area contributed by atoms with Crippen LogP contribution in [0.5, 0.6) is 11.5 Å². The molecule has 1 heterocycles. The van der Waals surface area contributed by atoms with Gasteiger partial charge in [0.2, 0.25) is 0 Å². The highest BCUT2D eigenvalue weighted by Crippen LogP contribution is 2.46. The SMILES string of the molecule is CN(C)c1ccc(/C=C2\CC(C)(C)CC(/C=C3/SC(=S)N(c4ccc(OC=O)c(O)c4)C3=O)=C2Cl)cc1. The normalized spacial score (nSPS) is 19.6. The van der Waals surface area contributed by atoms with Gasteiger partial charge in [0.05, 0.1) is 10.6 Å². The minimum absolute atomic E-state index is 0.00298. The van der Waals surface area contributed by atoms with E-state index in [4.69, 9.17) is 28.6 Å². The summed E-state index contributed by atoms with van der Waals surface area (Å²) in [6, 6.07) is 12.6. The Morgan fingerprint density at radius 3 is 2.46 bits per heavy atom. The second-order valence-corrected chi connectivity index (χ2v) is 11.9. The van der Waals surface area contributed by atoms with Gasteiger partial charge in [-0.15, -0.1) is 0 Å². The van der Waals surface area contributed by atoms with Crippen molar-refractivity contribution in [2.24, 2.45) is 5.41 Å². The van der Waals surface area contributed by atoms with Crippen LogP contribution in [0.25, 0.3) is 6.08 Å². The van der Waals surface area contributed by atoms with Crippen molar-refractivity contribution in [2.45, 2.75) is 26.7 Å². The third-order valence-corrected chi connectivity index (χ3v) is 7.91. The van der Waals surface area contributed by atoms with E-state index in [9.17, 15) is 14.7 Å². The molecule has 4 rings (SSSR count). The lowest BCUT2D eigenvalue weighted by Crippen LogP contribution is -2.27. The van der Waals surface area contributed by atoms with Gasteiger partial charge in [0, 0.05) is 30.9 Å². The highest BCUT2D eigenvalue weighted by Gasteiger charge is 2.36. The summed E-state index contributed by atoms with van der Waals surface area (Å²) in [6.07, 6.45) is 5.46. The van der Waals surface area contributed by atoms with Gasteiger partial charge >= 0.3 is 0 Å². The molecule has 6 nitrogen and oxygen atoms in total. The fourth-order valence-electron chi connectivity index (χ4n) is 4.40. The molecular formula is C28H27ClN2O4S2. The van der Waals surface area contributed by atoms with Gasteiger partial charge in [0.15, 0.2) is 15.8 Å². The summed E-state index contributed by atoms with van der Waals surface area (Å²) in [5.41, 5.74) is 4.42. The number of benzene rings is 2. The number of aromatic hydroxyl groups is 1. The van der Waals surface area contributed by atoms with Crippen LogP contribution in [-0.4, -0.2) is 35.9 Å². The van der Waals surface area contributed by atoms with Crippen molar-refractivity contribution in [1.29, 1.82) is 0 Å². The number of thiocarbonyl (C=S) groups is 1. The molecule has 1 aliphatic heterocycles. The number of phenolic OH excluding ortho intramolecular Hbond substituents is 1. The first-order chi connectivity index (χ1) is 17.5. The summed E-state index contributed by atoms with van der Waals surface area (Å²) in [7, 11) is 4.01. The molecule has 0 radical (unpaired) electrons. The zero-order chi connectivity index (χ0) is 26.9. The molecule has 1 saturated heterocycles. The molecule has 0 saturated carbocycles. The van der Waals surface area contributed by atoms with E-state index in [1.165, 1.54) is 28.8 Å². The number of hydrogen-bond donors (Lipinski definition) is 1. The molecule has 2 aromatic carbocycles. The zero-order valence-electron chi connectivity index (χ0n) is 20.9. The first kappa shape index (κ1) is 27.0. The van der Waals surface area contributed by atoms with E-state index in [0.717, 1.165) is 28.8 Å². The van der Waals surface area contributed by atoms with E-state index >= 15 is 0 Å². The largest absolute Gasteiger partial charge is 0.504 e. The molecule has 0 bridgehead atoms. The Morgan fingerprint density at radius 2 is 1.84 bits per heavy atom. The van der Waals surface area contributed by atoms with Crippen LogP contribution in [0.3, 0.4) is 0 Å². The van der Waals surface area contributed by atoms with Gasteiger partial charge in [-0.3, -0.25) is 14.5 Å². The predicted molar refractivity (Wildman–Crippen MR) is 155 cm³/mol. The summed E-state index contributed by atoms with van der Waals surface area (Å²) in [5.74, 6) is -0.573. The first-order valence-corrected chi connectivity index (χ1v) is 13.2. The van der Waals surface area contributed by atoms with Crippen LogP contribution in [0.2, 0.25) is 0 Å². The molecule has 0 atom stereocenters. The Hall–Kier alpha value is -3.07. The number of carbonyl (C=O) groups excluding carboxylic acids is 2. The molecule has 0 aromatic heterocycles. The minimum atomic E-state index is -0.302. The lowest BCUT2D eigenvalue weighted by molar-refractivity contribution is -0.120. The molecule has 1 amide bonds. The van der Waals surface area contributed by atoms with Gasteiger partial charge < -0.3 is 14.7 Å². The Labute approximate surface area is 231 Å². The Bertz CT molecular complexity index is 1360. The van der Waals surface area contributed by atoms with Crippen molar-refractivity contribution in [3.05, 3.63) is 75.2 Å². The Balaban J connectivity index is 1.66. The Morgan fingerprint density at radius 1 is 1.14 bits per heavy atom. The Kier molecular flexibility index (Phi) is 7.83. The highest BCUT2D eigenvalue weighted by atomic mass is 35.5. The van der Waals surface area contributed by atoms with Crippen molar-refractivity contribution in [1.82, 2.24) is 0 Å². The van der Waals surface area contributed by atoms with Gasteiger partial charge in [-0.1, -0.05) is 67.6 Å². The minimum Gasteiger partial charge on any atom is -0.504 e. The number of rotatable bonds is 6. The molecule has 192 valence electrons. The predicted octanol–water partition coefficient (Wildman–Crippen LogP) is 6.64. The summed E-state index contributed by atoms with van der Waals surface area (Å²) < 4.78 is 5.05. The van der Waals surface area contributed by atoms with Gasteiger partial charge in [0.1, 0.15) is 0 Å². The maximum Gasteiger partial charge on any atom is 0.298 e. The smallest absolute Gasteiger partial charge is 0.298 e. The van der Waals surface area contributed by atoms with E-state index in [-0.39, 0.29) is 29.3 Å². The van der Waals surface area contributed by atoms with Crippen LogP contribution >= 0.6 is 35.6 Å². The second-order valence-electron chi connectivity index (χ2n) is 9.90. The molecule has 0 spiro atoms. The van der Waals surface area contributed by atoms with Crippen molar-refractivity contribution < 1.29 is 19.4 Å². The van der Waals surface area contributed by atoms with E-state index in [1.807, 2.05) is 20.2 Å². The number of phenols is 1. The topological polar surface area (TPSA) is 70.1 Å². The number of amides is 1. The second kappa shape index (κ2) is 10.7. The maximum absolute atomic E-state index is 13.3. The van der Waals surface area contributed by atoms with E-state index < -0.39 is 0 Å². The van der Waals surface area contributed by atoms with E-state index in [0.29, 0.717) is 26.4 Å². The molecule has 37 heavy (non-hydrogen) atoms. The fourth-order valence-corrected chi connectivity index (χ4v) is 5.95. The van der Waals surface area contributed by atoms with Gasteiger partial charge in [-0.2, -0.15) is 0 Å². The third-order valence-electron chi connectivity index (χ3n) is 6.13. The number of thioether (sulfide) groups is 1. The van der Waals surface area contributed by atoms with Crippen LogP contribution < -0.4 is 14.5 Å². The molecule has 1 fully saturated rings. The molecule has 2 aromatic rings. The van der Waals surface area contributed by atoms with Crippen molar-refractivity contribution >= 4 is 69.7 Å². The van der Waals surface area contributed by atoms with Crippen LogP contribution in [0.1, 0.15) is 32.3 Å². The number of ether oxygens (including phenoxy) is 1. The average molecular weight is 555 g/mol. The lowest BCUT2D eigenvalue weighted by Gasteiger charge is -2.32. The highest BCUT2D eigenvalue weighted by molar-refractivity contribution is 8.27. The summed E-state index contributed by atoms with van der Waals surface area (Å²) >= 11 is 13.6. The van der Waals surface area contributed by atoms with E-state index in [2.05, 4.69) is 49.1 Å². The molecule has 9 heteroatoms. The quantitative estimate of drug-likeness (QED) is 0.244. The van der Waals surface area contributed by atoms with Crippen molar-refractivity contribution in [3.63, 3.8) is 0 Å². The monoisotopic (exact) mass is 554 g/mol. The standard InChI is InChI=1S/C28H27ClN2O4S2/c1-28(2)14-18(11-17-5-7-20(8-6-17)30(3)4)25(29)19(15-28)12-24-26(34)31(27(36)37-24)21-9-10-23(35-16-32)22(33)13-21/h5-13,16,33H,14-15H2,1-4H3/b18-11+,24-12+. The lowest BCUT2D eigenvalue weighted by atomic mass is 9.74. The summed E-state index contributed by atoms with van der Waals surface area (Å²) in [6.45, 7) is 4.59. The van der Waals surface area contributed by atoms with E-state index in [1.54, 1.807) is 6.07 Å². The number of anilines is 2. The number of hydrogen-bond acceptors (Lipinski definition) is 7. The fraction of sp³-hybridized carbons (Fsp3) is 0.250. The molecule has 1 aliphatic carbocycles. The summed E-state index contributed by atoms with van der Waals surface area (Å²) in [4.78, 5) is 27.8. The molecule has 1 N–H and O–H groups in total. The average Bonchev–Trinajstić information content (AvgIpc) is 3.11. The zero-order valence-corrected chi connectivity index (χ0v) is 23.3. The molecular weight excluding hydrogens is 528 g/mol. The van der Waals surface area contributed by atoms with Crippen LogP contribution in [0.4, 0.5) is 11.4 Å². The van der Waals surface area contributed by atoms with Crippen LogP contribution in [-0.2, 0) is 9.59 Å². The number of nitrogens with zero attached hydrogens (tertiary/aromatic N) is 2. The van der Waals surface area contributed by atoms with Crippen LogP contribution in [0.15, 0.2) is 69.6 Å². The number of carbonyl (C=O) groups is 2. The number of allylic oxidation sites excluding steroid dienone is 4. The van der Waals surface area contributed by atoms with Gasteiger partial charge in [-0.05, 0) is 65.3 Å². The third kappa shape index (κ3) is 5.92. The maximum atomic E-state index is 13.3. The van der Waals surface area contributed by atoms with Gasteiger partial charge in [-0.25, -0.2) is 0 Å². The summed E-state index contributed by atoms with van der Waals surface area (Å²) in [5, 5.41) is 10.8.